The SMILES string of the molecule is CC[C@H]1CN2CC[C@@H]1C[C@H]2[C@H](O)c1cc(N2CCCC(CO)C2)nc2ccc(OC)cc12. The number of hydrogen-bond donors (Lipinski definition) is 2. The molecule has 0 amide bonds. The molecule has 174 valence electrons. The van der Waals surface area contributed by atoms with Crippen LogP contribution in [0.1, 0.15) is 50.7 Å². The van der Waals surface area contributed by atoms with Crippen LogP contribution in [0.5, 0.6) is 5.75 Å². The Morgan fingerprint density at radius 2 is 2.06 bits per heavy atom. The minimum absolute atomic E-state index is 0.160. The van der Waals surface area contributed by atoms with Gasteiger partial charge in [-0.1, -0.05) is 13.3 Å². The smallest absolute Gasteiger partial charge is 0.129 e. The fraction of sp³-hybridized carbons (Fsp3) is 0.654. The molecule has 6 atom stereocenters. The van der Waals surface area contributed by atoms with Gasteiger partial charge >= 0.3 is 0 Å². The van der Waals surface area contributed by atoms with Gasteiger partial charge in [-0.05, 0) is 79.8 Å². The van der Waals surface area contributed by atoms with Crippen molar-refractivity contribution in [3.63, 3.8) is 0 Å². The number of nitrogens with zero attached hydrogens (tertiary/aromatic N) is 3. The highest BCUT2D eigenvalue weighted by atomic mass is 16.5. The summed E-state index contributed by atoms with van der Waals surface area (Å²) in [6.45, 7) is 6.46. The Hall–Kier alpha value is -1.89. The Balaban J connectivity index is 1.53. The summed E-state index contributed by atoms with van der Waals surface area (Å²) in [5.74, 6) is 3.48. The summed E-state index contributed by atoms with van der Waals surface area (Å²) < 4.78 is 5.50. The first-order chi connectivity index (χ1) is 15.6. The average Bonchev–Trinajstić information content (AvgIpc) is 2.87. The number of rotatable bonds is 6. The topological polar surface area (TPSA) is 69.1 Å². The van der Waals surface area contributed by atoms with Crippen molar-refractivity contribution in [2.75, 3.05) is 44.8 Å². The van der Waals surface area contributed by atoms with Crippen LogP contribution in [0.4, 0.5) is 5.82 Å². The van der Waals surface area contributed by atoms with Crippen molar-refractivity contribution in [2.45, 2.75) is 51.2 Å². The van der Waals surface area contributed by atoms with Gasteiger partial charge in [-0.15, -0.1) is 0 Å². The van der Waals surface area contributed by atoms with Crippen LogP contribution in [0.2, 0.25) is 0 Å². The highest BCUT2D eigenvalue weighted by molar-refractivity contribution is 5.86. The number of pyridine rings is 1. The van der Waals surface area contributed by atoms with E-state index in [1.165, 1.54) is 12.8 Å². The van der Waals surface area contributed by atoms with Crippen LogP contribution in [-0.4, -0.2) is 66.0 Å². The maximum Gasteiger partial charge on any atom is 0.129 e. The molecule has 2 aromatic rings. The highest BCUT2D eigenvalue weighted by Crippen LogP contribution is 2.43. The number of piperidine rings is 4. The average molecular weight is 440 g/mol. The molecule has 2 unspecified atom stereocenters. The van der Waals surface area contributed by atoms with Crippen LogP contribution < -0.4 is 9.64 Å². The minimum atomic E-state index is -0.551. The lowest BCUT2D eigenvalue weighted by Gasteiger charge is -2.51. The van der Waals surface area contributed by atoms with E-state index in [2.05, 4.69) is 22.8 Å². The molecule has 4 fully saturated rings. The molecular weight excluding hydrogens is 402 g/mol. The number of anilines is 1. The summed E-state index contributed by atoms with van der Waals surface area (Å²) in [5.41, 5.74) is 1.85. The Bertz CT molecular complexity index is 951. The molecule has 4 saturated heterocycles. The lowest BCUT2D eigenvalue weighted by Crippen LogP contribution is -2.55. The lowest BCUT2D eigenvalue weighted by molar-refractivity contribution is -0.0562. The second-order valence-electron chi connectivity index (χ2n) is 10.0. The van der Waals surface area contributed by atoms with Crippen LogP contribution in [0.25, 0.3) is 10.9 Å². The van der Waals surface area contributed by atoms with Gasteiger partial charge in [0.05, 0.1) is 18.7 Å². The number of aliphatic hydroxyl groups is 2. The Labute approximate surface area is 191 Å². The number of methoxy groups -OCH3 is 1. The molecule has 6 nitrogen and oxygen atoms in total. The maximum atomic E-state index is 11.7. The van der Waals surface area contributed by atoms with Gasteiger partial charge in [0.25, 0.3) is 0 Å². The Kier molecular flexibility index (Phi) is 6.28. The molecule has 2 bridgehead atoms. The molecule has 0 spiro atoms. The predicted molar refractivity (Wildman–Crippen MR) is 127 cm³/mol. The first-order valence-corrected chi connectivity index (χ1v) is 12.4. The van der Waals surface area contributed by atoms with Crippen LogP contribution in [-0.2, 0) is 0 Å². The number of benzene rings is 1. The van der Waals surface area contributed by atoms with Gasteiger partial charge in [0.15, 0.2) is 0 Å². The second kappa shape index (κ2) is 9.16. The van der Waals surface area contributed by atoms with E-state index in [9.17, 15) is 10.2 Å². The van der Waals surface area contributed by atoms with E-state index in [0.29, 0.717) is 0 Å². The Morgan fingerprint density at radius 1 is 1.19 bits per heavy atom. The third-order valence-electron chi connectivity index (χ3n) is 8.28. The predicted octanol–water partition coefficient (Wildman–Crippen LogP) is 3.61. The van der Waals surface area contributed by atoms with Crippen molar-refractivity contribution in [3.8, 4) is 5.75 Å². The van der Waals surface area contributed by atoms with E-state index >= 15 is 0 Å². The third-order valence-corrected chi connectivity index (χ3v) is 8.28. The fourth-order valence-electron chi connectivity index (χ4n) is 6.35. The van der Waals surface area contributed by atoms with Crippen molar-refractivity contribution in [1.82, 2.24) is 9.88 Å². The van der Waals surface area contributed by atoms with Crippen molar-refractivity contribution in [1.29, 1.82) is 0 Å². The number of fused-ring (bicyclic) bond motifs is 4. The highest BCUT2D eigenvalue weighted by Gasteiger charge is 2.42. The molecule has 32 heavy (non-hydrogen) atoms. The second-order valence-corrected chi connectivity index (χ2v) is 10.0. The zero-order valence-corrected chi connectivity index (χ0v) is 19.4. The maximum absolute atomic E-state index is 11.7. The number of aliphatic hydroxyl groups excluding tert-OH is 2. The molecule has 6 heteroatoms. The number of hydrogen-bond acceptors (Lipinski definition) is 6. The molecule has 5 heterocycles. The first kappa shape index (κ1) is 21.9. The largest absolute Gasteiger partial charge is 0.497 e. The minimum Gasteiger partial charge on any atom is -0.497 e. The summed E-state index contributed by atoms with van der Waals surface area (Å²) in [6, 6.07) is 8.23. The summed E-state index contributed by atoms with van der Waals surface area (Å²) in [6.07, 6.45) is 5.12. The quantitative estimate of drug-likeness (QED) is 0.717. The van der Waals surface area contributed by atoms with Crippen LogP contribution in [0.15, 0.2) is 24.3 Å². The van der Waals surface area contributed by atoms with Gasteiger partial charge in [0.2, 0.25) is 0 Å². The molecule has 0 saturated carbocycles. The molecular formula is C26H37N3O3. The molecule has 4 aliphatic rings. The van der Waals surface area contributed by atoms with Crippen LogP contribution in [0.3, 0.4) is 0 Å². The van der Waals surface area contributed by atoms with Gasteiger partial charge in [-0.2, -0.15) is 0 Å². The Morgan fingerprint density at radius 3 is 2.78 bits per heavy atom. The van der Waals surface area contributed by atoms with E-state index < -0.39 is 6.10 Å². The third kappa shape index (κ3) is 3.97. The van der Waals surface area contributed by atoms with E-state index in [-0.39, 0.29) is 18.6 Å². The molecule has 4 aliphatic heterocycles. The van der Waals surface area contributed by atoms with Gasteiger partial charge < -0.3 is 19.8 Å². The fourth-order valence-corrected chi connectivity index (χ4v) is 6.35. The summed E-state index contributed by atoms with van der Waals surface area (Å²) in [4.78, 5) is 9.77. The molecule has 0 aliphatic carbocycles. The van der Waals surface area contributed by atoms with Crippen LogP contribution in [0, 0.1) is 17.8 Å². The normalized spacial score (nSPS) is 31.1. The van der Waals surface area contributed by atoms with E-state index in [0.717, 1.165) is 85.3 Å². The van der Waals surface area contributed by atoms with Crippen molar-refractivity contribution < 1.29 is 14.9 Å². The van der Waals surface area contributed by atoms with Crippen molar-refractivity contribution in [2.24, 2.45) is 17.8 Å². The number of aromatic nitrogens is 1. The lowest BCUT2D eigenvalue weighted by atomic mass is 9.72. The zero-order chi connectivity index (χ0) is 22.2. The molecule has 1 aromatic heterocycles. The van der Waals surface area contributed by atoms with E-state index in [1.807, 2.05) is 18.2 Å². The van der Waals surface area contributed by atoms with Gasteiger partial charge in [0, 0.05) is 37.7 Å². The van der Waals surface area contributed by atoms with Crippen LogP contribution >= 0.6 is 0 Å². The van der Waals surface area contributed by atoms with Crippen molar-refractivity contribution in [3.05, 3.63) is 29.8 Å². The summed E-state index contributed by atoms with van der Waals surface area (Å²) in [5, 5.41) is 22.4. The monoisotopic (exact) mass is 439 g/mol. The first-order valence-electron chi connectivity index (χ1n) is 12.4. The molecule has 2 N–H and O–H groups in total. The molecule has 6 rings (SSSR count). The van der Waals surface area contributed by atoms with Crippen molar-refractivity contribution >= 4 is 16.7 Å². The van der Waals surface area contributed by atoms with Gasteiger partial charge in [-0.25, -0.2) is 4.98 Å². The number of ether oxygens (including phenoxy) is 1. The van der Waals surface area contributed by atoms with E-state index in [1.54, 1.807) is 7.11 Å². The van der Waals surface area contributed by atoms with E-state index in [4.69, 9.17) is 9.72 Å². The van der Waals surface area contributed by atoms with Gasteiger partial charge in [-0.3, -0.25) is 4.90 Å². The summed E-state index contributed by atoms with van der Waals surface area (Å²) >= 11 is 0. The van der Waals surface area contributed by atoms with Gasteiger partial charge in [0.1, 0.15) is 11.6 Å². The molecule has 0 radical (unpaired) electrons. The zero-order valence-electron chi connectivity index (χ0n) is 19.4. The summed E-state index contributed by atoms with van der Waals surface area (Å²) in [7, 11) is 1.68. The standard InChI is InChI=1S/C26H37N3O3/c1-3-18-15-28-10-8-19(18)11-24(28)26(31)22-13-25(29-9-4-5-17(14-29)16-30)27-23-7-6-20(32-2)12-21(22)23/h6-7,12-13,17-19,24,26,30-31H,3-5,8-11,14-16H2,1-2H3/t17?,18-,19+,24-,26+/m0/s1. The molecule has 1 aromatic carbocycles.